The van der Waals surface area contributed by atoms with Crippen LogP contribution in [0.4, 0.5) is 0 Å². The summed E-state index contributed by atoms with van der Waals surface area (Å²) in [5, 5.41) is 6.10. The van der Waals surface area contributed by atoms with Crippen LogP contribution in [0, 0.1) is 6.92 Å². The van der Waals surface area contributed by atoms with Crippen molar-refractivity contribution in [2.45, 2.75) is 32.7 Å². The van der Waals surface area contributed by atoms with E-state index in [1.54, 1.807) is 11.3 Å². The third kappa shape index (κ3) is 2.61. The van der Waals surface area contributed by atoms with Crippen LogP contribution in [0.2, 0.25) is 0 Å². The Morgan fingerprint density at radius 3 is 2.90 bits per heavy atom. The summed E-state index contributed by atoms with van der Waals surface area (Å²) in [6.07, 6.45) is 2.75. The van der Waals surface area contributed by atoms with E-state index in [0.29, 0.717) is 12.8 Å². The van der Waals surface area contributed by atoms with Gasteiger partial charge in [0, 0.05) is 12.8 Å². The maximum Gasteiger partial charge on any atom is 0.242 e. The first kappa shape index (κ1) is 13.6. The Bertz CT molecular complexity index is 674. The molecule has 2 heterocycles. The molecule has 4 nitrogen and oxygen atoms in total. The molecule has 108 valence electrons. The molecular formula is C17H18N2O2. The van der Waals surface area contributed by atoms with Crippen LogP contribution in [-0.2, 0) is 4.79 Å². The first-order valence-electron chi connectivity index (χ1n) is 7.19. The van der Waals surface area contributed by atoms with E-state index < -0.39 is 0 Å². The molecule has 1 atom stereocenters. The number of amides is 1. The van der Waals surface area contributed by atoms with Crippen molar-refractivity contribution >= 4 is 11.6 Å². The van der Waals surface area contributed by atoms with Gasteiger partial charge in [-0.2, -0.15) is 5.10 Å². The maximum absolute atomic E-state index is 12.2. The molecule has 1 aliphatic rings. The largest absolute Gasteiger partial charge is 0.463 e. The number of hydrazone groups is 1. The molecule has 1 amide bonds. The minimum Gasteiger partial charge on any atom is -0.463 e. The number of carbonyl (C=O) groups excluding carboxylic acids is 1. The fourth-order valence-corrected chi connectivity index (χ4v) is 2.63. The topological polar surface area (TPSA) is 45.8 Å². The number of aryl methyl sites for hydroxylation is 1. The Morgan fingerprint density at radius 1 is 1.38 bits per heavy atom. The van der Waals surface area contributed by atoms with Gasteiger partial charge in [-0.15, -0.1) is 0 Å². The van der Waals surface area contributed by atoms with Crippen molar-refractivity contribution in [2.75, 3.05) is 0 Å². The number of rotatable bonds is 3. The van der Waals surface area contributed by atoms with Crippen LogP contribution < -0.4 is 0 Å². The monoisotopic (exact) mass is 282 g/mol. The predicted octanol–water partition coefficient (Wildman–Crippen LogP) is 3.68. The lowest BCUT2D eigenvalue weighted by molar-refractivity contribution is -0.132. The Labute approximate surface area is 124 Å². The van der Waals surface area contributed by atoms with Gasteiger partial charge in [0.05, 0.1) is 12.3 Å². The quantitative estimate of drug-likeness (QED) is 0.862. The SMILES string of the molecule is CCC(=O)N1N=C(c2ccco2)C[C@H]1c1cccc(C)c1. The van der Waals surface area contributed by atoms with Crippen LogP contribution in [0.15, 0.2) is 52.2 Å². The zero-order valence-corrected chi connectivity index (χ0v) is 12.2. The second-order valence-corrected chi connectivity index (χ2v) is 5.25. The molecule has 0 fully saturated rings. The zero-order chi connectivity index (χ0) is 14.8. The van der Waals surface area contributed by atoms with Crippen LogP contribution in [0.5, 0.6) is 0 Å². The summed E-state index contributed by atoms with van der Waals surface area (Å²) in [4.78, 5) is 12.2. The molecule has 0 N–H and O–H groups in total. The molecule has 1 aliphatic heterocycles. The third-order valence-corrected chi connectivity index (χ3v) is 3.70. The van der Waals surface area contributed by atoms with Gasteiger partial charge in [0.15, 0.2) is 0 Å². The molecule has 1 aromatic carbocycles. The molecule has 0 bridgehead atoms. The molecular weight excluding hydrogens is 264 g/mol. The van der Waals surface area contributed by atoms with Gasteiger partial charge >= 0.3 is 0 Å². The van der Waals surface area contributed by atoms with Crippen LogP contribution >= 0.6 is 0 Å². The molecule has 0 saturated heterocycles. The normalized spacial score (nSPS) is 17.9. The molecule has 0 saturated carbocycles. The van der Waals surface area contributed by atoms with E-state index in [2.05, 4.69) is 24.2 Å². The first-order valence-corrected chi connectivity index (χ1v) is 7.19. The minimum absolute atomic E-state index is 0.0306. The average molecular weight is 282 g/mol. The number of nitrogens with zero attached hydrogens (tertiary/aromatic N) is 2. The lowest BCUT2D eigenvalue weighted by Crippen LogP contribution is -2.26. The minimum atomic E-state index is -0.0440. The van der Waals surface area contributed by atoms with Crippen LogP contribution in [0.25, 0.3) is 0 Å². The number of hydrogen-bond donors (Lipinski definition) is 0. The average Bonchev–Trinajstić information content (AvgIpc) is 3.15. The molecule has 1 aromatic heterocycles. The van der Waals surface area contributed by atoms with E-state index in [1.807, 2.05) is 31.2 Å². The van der Waals surface area contributed by atoms with Gasteiger partial charge in [-0.05, 0) is 24.6 Å². The summed E-state index contributed by atoms with van der Waals surface area (Å²) < 4.78 is 5.42. The second-order valence-electron chi connectivity index (χ2n) is 5.25. The van der Waals surface area contributed by atoms with Crippen molar-refractivity contribution in [3.05, 3.63) is 59.5 Å². The van der Waals surface area contributed by atoms with Gasteiger partial charge in [0.1, 0.15) is 11.5 Å². The van der Waals surface area contributed by atoms with E-state index in [-0.39, 0.29) is 11.9 Å². The fourth-order valence-electron chi connectivity index (χ4n) is 2.63. The number of furan rings is 1. The summed E-state index contributed by atoms with van der Waals surface area (Å²) in [7, 11) is 0. The molecule has 2 aromatic rings. The lowest BCUT2D eigenvalue weighted by Gasteiger charge is -2.21. The van der Waals surface area contributed by atoms with Crippen LogP contribution in [0.3, 0.4) is 0 Å². The van der Waals surface area contributed by atoms with Crippen molar-refractivity contribution < 1.29 is 9.21 Å². The van der Waals surface area contributed by atoms with Crippen molar-refractivity contribution in [1.82, 2.24) is 5.01 Å². The second kappa shape index (κ2) is 5.56. The maximum atomic E-state index is 12.2. The Balaban J connectivity index is 1.95. The van der Waals surface area contributed by atoms with Crippen molar-refractivity contribution in [3.8, 4) is 0 Å². The number of hydrogen-bond acceptors (Lipinski definition) is 3. The number of carbonyl (C=O) groups is 1. The summed E-state index contributed by atoms with van der Waals surface area (Å²) in [6.45, 7) is 3.91. The van der Waals surface area contributed by atoms with E-state index in [9.17, 15) is 4.79 Å². The highest BCUT2D eigenvalue weighted by Gasteiger charge is 2.33. The van der Waals surface area contributed by atoms with E-state index >= 15 is 0 Å². The molecule has 21 heavy (non-hydrogen) atoms. The van der Waals surface area contributed by atoms with Crippen molar-refractivity contribution in [2.24, 2.45) is 5.10 Å². The lowest BCUT2D eigenvalue weighted by atomic mass is 9.99. The molecule has 3 rings (SSSR count). The fraction of sp³-hybridized carbons (Fsp3) is 0.294. The third-order valence-electron chi connectivity index (χ3n) is 3.70. The molecule has 0 aliphatic carbocycles. The Hall–Kier alpha value is -2.36. The summed E-state index contributed by atoms with van der Waals surface area (Å²) >= 11 is 0. The summed E-state index contributed by atoms with van der Waals surface area (Å²) in [5.41, 5.74) is 3.12. The van der Waals surface area contributed by atoms with Gasteiger partial charge in [0.2, 0.25) is 5.91 Å². The van der Waals surface area contributed by atoms with Gasteiger partial charge in [-0.25, -0.2) is 5.01 Å². The van der Waals surface area contributed by atoms with Crippen molar-refractivity contribution in [1.29, 1.82) is 0 Å². The smallest absolute Gasteiger partial charge is 0.242 e. The standard InChI is InChI=1S/C17H18N2O2/c1-3-17(20)19-15(13-7-4-6-12(2)10-13)11-14(18-19)16-8-5-9-21-16/h4-10,15H,3,11H2,1-2H3/t15-/m0/s1. The van der Waals surface area contributed by atoms with E-state index in [1.165, 1.54) is 5.56 Å². The van der Waals surface area contributed by atoms with Crippen molar-refractivity contribution in [3.63, 3.8) is 0 Å². The summed E-state index contributed by atoms with van der Waals surface area (Å²) in [5.74, 6) is 0.766. The predicted molar refractivity (Wildman–Crippen MR) is 80.9 cm³/mol. The Morgan fingerprint density at radius 2 is 2.24 bits per heavy atom. The summed E-state index contributed by atoms with van der Waals surface area (Å²) in [6, 6.07) is 11.9. The van der Waals surface area contributed by atoms with Crippen LogP contribution in [-0.4, -0.2) is 16.6 Å². The van der Waals surface area contributed by atoms with Gasteiger partial charge in [-0.3, -0.25) is 4.79 Å². The highest BCUT2D eigenvalue weighted by Crippen LogP contribution is 2.33. The first-order chi connectivity index (χ1) is 10.2. The molecule has 4 heteroatoms. The zero-order valence-electron chi connectivity index (χ0n) is 12.2. The van der Waals surface area contributed by atoms with E-state index in [0.717, 1.165) is 17.0 Å². The number of benzene rings is 1. The van der Waals surface area contributed by atoms with E-state index in [4.69, 9.17) is 4.42 Å². The van der Waals surface area contributed by atoms with Gasteiger partial charge in [-0.1, -0.05) is 36.8 Å². The molecule has 0 spiro atoms. The van der Waals surface area contributed by atoms with Gasteiger partial charge < -0.3 is 4.42 Å². The highest BCUT2D eigenvalue weighted by atomic mass is 16.3. The van der Waals surface area contributed by atoms with Gasteiger partial charge in [0.25, 0.3) is 0 Å². The van der Waals surface area contributed by atoms with Crippen LogP contribution in [0.1, 0.15) is 42.7 Å². The molecule has 0 radical (unpaired) electrons. The molecule has 0 unspecified atom stereocenters. The highest BCUT2D eigenvalue weighted by molar-refractivity contribution is 6.01. The Kier molecular flexibility index (Phi) is 3.60.